The summed E-state index contributed by atoms with van der Waals surface area (Å²) in [6.45, 7) is 2.08. The summed E-state index contributed by atoms with van der Waals surface area (Å²) in [4.78, 5) is 0.352. The van der Waals surface area contributed by atoms with E-state index in [1.54, 1.807) is 0 Å². The Bertz CT molecular complexity index is 624. The molecular formula is C17H16Br2O. The number of hydrogen-bond acceptors (Lipinski definition) is 1. The summed E-state index contributed by atoms with van der Waals surface area (Å²) in [5.41, 5.74) is 3.92. The lowest BCUT2D eigenvalue weighted by molar-refractivity contribution is 0.191. The number of ether oxygens (including phenoxy) is 1. The van der Waals surface area contributed by atoms with E-state index >= 15 is 0 Å². The van der Waals surface area contributed by atoms with Crippen LogP contribution in [0.2, 0.25) is 0 Å². The molecule has 104 valence electrons. The summed E-state index contributed by atoms with van der Waals surface area (Å²) in [7, 11) is 0. The van der Waals surface area contributed by atoms with Gasteiger partial charge in [0.25, 0.3) is 0 Å². The molecule has 3 rings (SSSR count). The molecule has 2 aromatic rings. The average molecular weight is 396 g/mol. The third-order valence-electron chi connectivity index (χ3n) is 3.72. The van der Waals surface area contributed by atoms with Gasteiger partial charge in [0.05, 0.1) is 9.30 Å². The van der Waals surface area contributed by atoms with E-state index in [2.05, 4.69) is 75.2 Å². The molecule has 0 aromatic heterocycles. The lowest BCUT2D eigenvalue weighted by Crippen LogP contribution is -2.25. The Morgan fingerprint density at radius 1 is 1.15 bits per heavy atom. The molecule has 0 amide bonds. The third-order valence-corrected chi connectivity index (χ3v) is 5.28. The van der Waals surface area contributed by atoms with E-state index in [1.165, 1.54) is 16.7 Å². The smallest absolute Gasteiger partial charge is 0.136 e. The van der Waals surface area contributed by atoms with Gasteiger partial charge in [0.15, 0.2) is 0 Å². The Morgan fingerprint density at radius 2 is 1.95 bits per heavy atom. The van der Waals surface area contributed by atoms with Crippen LogP contribution in [0.25, 0.3) is 0 Å². The number of halogens is 2. The van der Waals surface area contributed by atoms with Gasteiger partial charge in [0, 0.05) is 0 Å². The molecule has 0 N–H and O–H groups in total. The van der Waals surface area contributed by atoms with Gasteiger partial charge in [-0.15, -0.1) is 0 Å². The number of alkyl halides is 1. The quantitative estimate of drug-likeness (QED) is 0.602. The van der Waals surface area contributed by atoms with Crippen LogP contribution >= 0.6 is 31.9 Å². The Labute approximate surface area is 136 Å². The van der Waals surface area contributed by atoms with Crippen molar-refractivity contribution in [3.8, 4) is 5.75 Å². The predicted molar refractivity (Wildman–Crippen MR) is 89.7 cm³/mol. The van der Waals surface area contributed by atoms with Crippen LogP contribution in [0.15, 0.2) is 46.9 Å². The number of hydrogen-bond donors (Lipinski definition) is 0. The first-order valence-corrected chi connectivity index (χ1v) is 8.50. The summed E-state index contributed by atoms with van der Waals surface area (Å²) >= 11 is 7.37. The van der Waals surface area contributed by atoms with E-state index in [0.29, 0.717) is 4.83 Å². The van der Waals surface area contributed by atoms with Gasteiger partial charge in [-0.25, -0.2) is 0 Å². The van der Waals surface area contributed by atoms with Crippen LogP contribution in [0.3, 0.4) is 0 Å². The average Bonchev–Trinajstić information content (AvgIpc) is 2.44. The van der Waals surface area contributed by atoms with Crippen molar-refractivity contribution in [3.63, 3.8) is 0 Å². The van der Waals surface area contributed by atoms with Crippen LogP contribution in [-0.4, -0.2) is 4.83 Å². The molecule has 1 nitrogen and oxygen atoms in total. The molecule has 0 unspecified atom stereocenters. The van der Waals surface area contributed by atoms with Crippen molar-refractivity contribution < 1.29 is 4.74 Å². The largest absolute Gasteiger partial charge is 0.483 e. The number of benzene rings is 2. The molecule has 0 saturated heterocycles. The highest BCUT2D eigenvalue weighted by atomic mass is 79.9. The summed E-state index contributed by atoms with van der Waals surface area (Å²) in [6, 6.07) is 14.8. The first-order chi connectivity index (χ1) is 9.65. The molecule has 2 aromatic carbocycles. The molecule has 1 aliphatic rings. The Kier molecular flexibility index (Phi) is 4.18. The summed E-state index contributed by atoms with van der Waals surface area (Å²) < 4.78 is 7.30. The molecule has 1 aliphatic carbocycles. The summed E-state index contributed by atoms with van der Waals surface area (Å²) in [6.07, 6.45) is 2.28. The molecule has 2 atom stereocenters. The maximum Gasteiger partial charge on any atom is 0.136 e. The van der Waals surface area contributed by atoms with Crippen molar-refractivity contribution >= 4 is 31.9 Å². The van der Waals surface area contributed by atoms with Crippen LogP contribution in [0.1, 0.15) is 29.2 Å². The van der Waals surface area contributed by atoms with Crippen molar-refractivity contribution in [2.45, 2.75) is 30.7 Å². The fourth-order valence-corrected chi connectivity index (χ4v) is 3.86. The number of fused-ring (bicyclic) bond motifs is 1. The normalized spacial score (nSPS) is 21.4. The molecule has 0 heterocycles. The Balaban J connectivity index is 1.93. The second-order valence-corrected chi connectivity index (χ2v) is 7.26. The molecular weight excluding hydrogens is 380 g/mol. The van der Waals surface area contributed by atoms with E-state index in [1.807, 2.05) is 6.07 Å². The molecule has 0 bridgehead atoms. The van der Waals surface area contributed by atoms with E-state index in [9.17, 15) is 0 Å². The van der Waals surface area contributed by atoms with E-state index in [0.717, 1.165) is 23.1 Å². The highest BCUT2D eigenvalue weighted by molar-refractivity contribution is 9.10. The van der Waals surface area contributed by atoms with Crippen molar-refractivity contribution in [2.24, 2.45) is 0 Å². The van der Waals surface area contributed by atoms with Gasteiger partial charge >= 0.3 is 0 Å². The Hall–Kier alpha value is -0.800. The van der Waals surface area contributed by atoms with Crippen molar-refractivity contribution in [1.82, 2.24) is 0 Å². The first kappa shape index (κ1) is 14.2. The molecule has 0 radical (unpaired) electrons. The van der Waals surface area contributed by atoms with Gasteiger partial charge in [-0.2, -0.15) is 0 Å². The van der Waals surface area contributed by atoms with Crippen LogP contribution in [-0.2, 0) is 6.42 Å². The first-order valence-electron chi connectivity index (χ1n) is 6.80. The van der Waals surface area contributed by atoms with E-state index < -0.39 is 0 Å². The van der Waals surface area contributed by atoms with Gasteiger partial charge in [-0.05, 0) is 64.5 Å². The highest BCUT2D eigenvalue weighted by Crippen LogP contribution is 2.39. The Morgan fingerprint density at radius 3 is 2.75 bits per heavy atom. The second kappa shape index (κ2) is 5.90. The lowest BCUT2D eigenvalue weighted by Gasteiger charge is -2.31. The fourth-order valence-electron chi connectivity index (χ4n) is 2.65. The summed E-state index contributed by atoms with van der Waals surface area (Å²) in [5.74, 6) is 0.904. The maximum atomic E-state index is 6.29. The lowest BCUT2D eigenvalue weighted by atomic mass is 9.89. The standard InChI is InChI=1S/C17H16Br2O/c1-11-6-9-16(15(19)10-11)20-17-13-5-3-2-4-12(13)7-8-14(17)18/h2-6,9-10,14,17H,7-8H2,1H3/t14-,17-/m1/s1. The maximum absolute atomic E-state index is 6.29. The van der Waals surface area contributed by atoms with Crippen LogP contribution < -0.4 is 4.74 Å². The molecule has 0 aliphatic heterocycles. The minimum atomic E-state index is 0.0685. The molecule has 0 fully saturated rings. The van der Waals surface area contributed by atoms with Crippen LogP contribution in [0.4, 0.5) is 0 Å². The minimum absolute atomic E-state index is 0.0685. The monoisotopic (exact) mass is 394 g/mol. The zero-order valence-electron chi connectivity index (χ0n) is 11.3. The molecule has 0 spiro atoms. The van der Waals surface area contributed by atoms with Gasteiger partial charge in [0.2, 0.25) is 0 Å². The van der Waals surface area contributed by atoms with Gasteiger partial charge < -0.3 is 4.74 Å². The van der Waals surface area contributed by atoms with Gasteiger partial charge in [-0.3, -0.25) is 0 Å². The highest BCUT2D eigenvalue weighted by Gasteiger charge is 2.29. The van der Waals surface area contributed by atoms with Crippen LogP contribution in [0, 0.1) is 6.92 Å². The van der Waals surface area contributed by atoms with E-state index in [4.69, 9.17) is 4.74 Å². The summed E-state index contributed by atoms with van der Waals surface area (Å²) in [5, 5.41) is 0. The van der Waals surface area contributed by atoms with Crippen molar-refractivity contribution in [1.29, 1.82) is 0 Å². The van der Waals surface area contributed by atoms with Gasteiger partial charge in [-0.1, -0.05) is 46.3 Å². The molecule has 3 heteroatoms. The number of aryl methyl sites for hydroxylation is 2. The zero-order chi connectivity index (χ0) is 14.1. The SMILES string of the molecule is Cc1ccc(O[C@@H]2c3ccccc3CC[C@H]2Br)c(Br)c1. The minimum Gasteiger partial charge on any atom is -0.483 e. The van der Waals surface area contributed by atoms with Gasteiger partial charge in [0.1, 0.15) is 11.9 Å². The van der Waals surface area contributed by atoms with E-state index in [-0.39, 0.29) is 6.10 Å². The predicted octanol–water partition coefficient (Wildman–Crippen LogP) is 5.59. The molecule has 0 saturated carbocycles. The third kappa shape index (κ3) is 2.79. The van der Waals surface area contributed by atoms with Crippen molar-refractivity contribution in [2.75, 3.05) is 0 Å². The second-order valence-electron chi connectivity index (χ2n) is 5.23. The number of rotatable bonds is 2. The fraction of sp³-hybridized carbons (Fsp3) is 0.294. The van der Waals surface area contributed by atoms with Crippen LogP contribution in [0.5, 0.6) is 5.75 Å². The van der Waals surface area contributed by atoms with Crippen molar-refractivity contribution in [3.05, 3.63) is 63.6 Å². The molecule has 20 heavy (non-hydrogen) atoms. The topological polar surface area (TPSA) is 9.23 Å². The zero-order valence-corrected chi connectivity index (χ0v) is 14.4.